The predicted molar refractivity (Wildman–Crippen MR) is 95.1 cm³/mol. The highest BCUT2D eigenvalue weighted by Crippen LogP contribution is 2.21. The van der Waals surface area contributed by atoms with Crippen LogP contribution in [0.5, 0.6) is 0 Å². The number of rotatable bonds is 7. The fourth-order valence-corrected chi connectivity index (χ4v) is 2.45. The molecule has 1 aromatic rings. The Bertz CT molecular complexity index is 603. The molecule has 5 nitrogen and oxygen atoms in total. The maximum Gasteiger partial charge on any atom is 0.323 e. The lowest BCUT2D eigenvalue weighted by Gasteiger charge is -2.34. The summed E-state index contributed by atoms with van der Waals surface area (Å²) in [6.07, 6.45) is -0.229. The van der Waals surface area contributed by atoms with Gasteiger partial charge in [0.2, 0.25) is 0 Å². The highest BCUT2D eigenvalue weighted by Gasteiger charge is 2.32. The highest BCUT2D eigenvalue weighted by atomic mass is 16.5. The average Bonchev–Trinajstić information content (AvgIpc) is 2.51. The van der Waals surface area contributed by atoms with E-state index in [1.165, 1.54) is 4.90 Å². The molecule has 0 bridgehead atoms. The predicted octanol–water partition coefficient (Wildman–Crippen LogP) is 4.00. The van der Waals surface area contributed by atoms with Crippen LogP contribution in [-0.2, 0) is 4.74 Å². The summed E-state index contributed by atoms with van der Waals surface area (Å²) in [5.41, 5.74) is 0.532. The molecule has 0 radical (unpaired) electrons. The third kappa shape index (κ3) is 5.39. The van der Waals surface area contributed by atoms with Crippen molar-refractivity contribution in [2.45, 2.75) is 52.4 Å². The van der Waals surface area contributed by atoms with E-state index in [2.05, 4.69) is 18.0 Å². The average molecular weight is 329 g/mol. The third-order valence-electron chi connectivity index (χ3n) is 3.46. The van der Waals surface area contributed by atoms with Gasteiger partial charge in [0.1, 0.15) is 11.6 Å². The number of allylic oxidation sites excluding steroid dienone is 1. The van der Waals surface area contributed by atoms with Gasteiger partial charge in [0.15, 0.2) is 0 Å². The molecule has 1 rings (SSSR count). The Morgan fingerprint density at radius 3 is 2.42 bits per heavy atom. The van der Waals surface area contributed by atoms with Crippen LogP contribution in [0.2, 0.25) is 0 Å². The molecular formula is C19H27N3O2. The minimum absolute atomic E-state index is 0.0277. The number of nitrogens with one attached hydrogen (secondary N) is 1. The van der Waals surface area contributed by atoms with Gasteiger partial charge in [-0.3, -0.25) is 4.90 Å². The first-order chi connectivity index (χ1) is 11.2. The van der Waals surface area contributed by atoms with Crippen LogP contribution in [-0.4, -0.2) is 29.1 Å². The topological polar surface area (TPSA) is 65.4 Å². The molecule has 0 aromatic heterocycles. The zero-order chi connectivity index (χ0) is 18.3. The summed E-state index contributed by atoms with van der Waals surface area (Å²) in [5, 5.41) is 12.2. The van der Waals surface area contributed by atoms with Gasteiger partial charge in [0.05, 0.1) is 12.2 Å². The molecule has 1 unspecified atom stereocenters. The van der Waals surface area contributed by atoms with Crippen molar-refractivity contribution in [2.75, 3.05) is 6.54 Å². The first kappa shape index (κ1) is 19.7. The number of ether oxygens (including phenoxy) is 1. The second-order valence-corrected chi connectivity index (χ2v) is 6.51. The second-order valence-electron chi connectivity index (χ2n) is 6.51. The number of hydrogen-bond acceptors (Lipinski definition) is 3. The van der Waals surface area contributed by atoms with Crippen molar-refractivity contribution < 1.29 is 9.53 Å². The van der Waals surface area contributed by atoms with Gasteiger partial charge < -0.3 is 10.1 Å². The number of amides is 2. The maximum atomic E-state index is 12.6. The van der Waals surface area contributed by atoms with Gasteiger partial charge in [-0.05, 0) is 40.2 Å². The standard InChI is InChI=1S/C19H27N3O2/c1-14(2)22(19(5,6)13-20)18(23)21-12-17(24-15(3)4)16-10-8-7-9-11-16/h7-11,15,17H,1,12H2,2-6H3,(H,21,23). The largest absolute Gasteiger partial charge is 0.369 e. The molecule has 0 saturated carbocycles. The fourth-order valence-electron chi connectivity index (χ4n) is 2.45. The molecule has 5 heteroatoms. The van der Waals surface area contributed by atoms with Crippen LogP contribution in [0.3, 0.4) is 0 Å². The van der Waals surface area contributed by atoms with Crippen LogP contribution in [0.25, 0.3) is 0 Å². The lowest BCUT2D eigenvalue weighted by Crippen LogP contribution is -2.50. The van der Waals surface area contributed by atoms with Crippen LogP contribution in [0.4, 0.5) is 4.79 Å². The number of carbonyl (C=O) groups excluding carboxylic acids is 1. The van der Waals surface area contributed by atoms with Crippen LogP contribution in [0.15, 0.2) is 42.6 Å². The first-order valence-corrected chi connectivity index (χ1v) is 8.04. The van der Waals surface area contributed by atoms with Crippen molar-refractivity contribution >= 4 is 6.03 Å². The lowest BCUT2D eigenvalue weighted by atomic mass is 10.1. The van der Waals surface area contributed by atoms with E-state index in [-0.39, 0.29) is 18.2 Å². The molecule has 0 saturated heterocycles. The molecule has 0 spiro atoms. The highest BCUT2D eigenvalue weighted by molar-refractivity contribution is 5.77. The summed E-state index contributed by atoms with van der Waals surface area (Å²) in [4.78, 5) is 13.9. The first-order valence-electron chi connectivity index (χ1n) is 8.04. The van der Waals surface area contributed by atoms with Gasteiger partial charge in [-0.1, -0.05) is 36.9 Å². The molecule has 0 fully saturated rings. The van der Waals surface area contributed by atoms with Crippen LogP contribution in [0.1, 0.15) is 46.3 Å². The van der Waals surface area contributed by atoms with Crippen molar-refractivity contribution in [2.24, 2.45) is 0 Å². The zero-order valence-corrected chi connectivity index (χ0v) is 15.2. The normalized spacial score (nSPS) is 12.4. The number of benzene rings is 1. The monoisotopic (exact) mass is 329 g/mol. The molecule has 1 aromatic carbocycles. The summed E-state index contributed by atoms with van der Waals surface area (Å²) < 4.78 is 5.92. The smallest absolute Gasteiger partial charge is 0.323 e. The SMILES string of the molecule is C=C(C)N(C(=O)NCC(OC(C)C)c1ccccc1)C(C)(C)C#N. The van der Waals surface area contributed by atoms with E-state index in [1.54, 1.807) is 20.8 Å². The van der Waals surface area contributed by atoms with Gasteiger partial charge in [-0.15, -0.1) is 0 Å². The van der Waals surface area contributed by atoms with Gasteiger partial charge >= 0.3 is 6.03 Å². The van der Waals surface area contributed by atoms with Crippen LogP contribution >= 0.6 is 0 Å². The quantitative estimate of drug-likeness (QED) is 0.822. The van der Waals surface area contributed by atoms with Crippen molar-refractivity contribution in [1.29, 1.82) is 5.26 Å². The summed E-state index contributed by atoms with van der Waals surface area (Å²) in [5.74, 6) is 0. The molecule has 1 N–H and O–H groups in total. The van der Waals surface area contributed by atoms with Gasteiger partial charge in [0, 0.05) is 12.2 Å². The number of hydrogen-bond donors (Lipinski definition) is 1. The maximum absolute atomic E-state index is 12.6. The molecular weight excluding hydrogens is 302 g/mol. The lowest BCUT2D eigenvalue weighted by molar-refractivity contribution is 0.00776. The van der Waals surface area contributed by atoms with Gasteiger partial charge in [0.25, 0.3) is 0 Å². The minimum atomic E-state index is -0.975. The Balaban J connectivity index is 2.87. The Kier molecular flexibility index (Phi) is 6.99. The van der Waals surface area contributed by atoms with Crippen molar-refractivity contribution in [3.8, 4) is 6.07 Å². The summed E-state index contributed by atoms with van der Waals surface area (Å²) in [6, 6.07) is 11.5. The summed E-state index contributed by atoms with van der Waals surface area (Å²) in [6.45, 7) is 13.1. The molecule has 2 amide bonds. The van der Waals surface area contributed by atoms with Crippen molar-refractivity contribution in [3.05, 3.63) is 48.2 Å². The van der Waals surface area contributed by atoms with Crippen molar-refractivity contribution in [3.63, 3.8) is 0 Å². The number of nitrogens with zero attached hydrogens (tertiary/aromatic N) is 2. The van der Waals surface area contributed by atoms with Crippen molar-refractivity contribution in [1.82, 2.24) is 10.2 Å². The molecule has 24 heavy (non-hydrogen) atoms. The second kappa shape index (κ2) is 8.51. The third-order valence-corrected chi connectivity index (χ3v) is 3.46. The van der Waals surface area contributed by atoms with E-state index in [1.807, 2.05) is 44.2 Å². The van der Waals surface area contributed by atoms with Crippen LogP contribution in [0, 0.1) is 11.3 Å². The minimum Gasteiger partial charge on any atom is -0.369 e. The number of urea groups is 1. The Labute approximate surface area is 144 Å². The molecule has 0 aliphatic heterocycles. The van der Waals surface area contributed by atoms with E-state index in [0.29, 0.717) is 12.2 Å². The molecule has 0 aliphatic rings. The number of carbonyl (C=O) groups is 1. The Hall–Kier alpha value is -2.32. The Morgan fingerprint density at radius 1 is 1.38 bits per heavy atom. The molecule has 1 atom stereocenters. The van der Waals surface area contributed by atoms with E-state index < -0.39 is 5.54 Å². The zero-order valence-electron chi connectivity index (χ0n) is 15.2. The summed E-state index contributed by atoms with van der Waals surface area (Å²) in [7, 11) is 0. The number of nitriles is 1. The molecule has 0 heterocycles. The van der Waals surface area contributed by atoms with E-state index in [9.17, 15) is 10.1 Å². The van der Waals surface area contributed by atoms with Crippen LogP contribution < -0.4 is 5.32 Å². The van der Waals surface area contributed by atoms with E-state index >= 15 is 0 Å². The molecule has 130 valence electrons. The Morgan fingerprint density at radius 2 is 1.96 bits per heavy atom. The fraction of sp³-hybridized carbons (Fsp3) is 0.474. The van der Waals surface area contributed by atoms with Gasteiger partial charge in [-0.2, -0.15) is 5.26 Å². The van der Waals surface area contributed by atoms with Gasteiger partial charge in [-0.25, -0.2) is 4.79 Å². The van der Waals surface area contributed by atoms with E-state index in [0.717, 1.165) is 5.56 Å². The van der Waals surface area contributed by atoms with E-state index in [4.69, 9.17) is 4.74 Å². The summed E-state index contributed by atoms with van der Waals surface area (Å²) >= 11 is 0. The molecule has 0 aliphatic carbocycles.